The maximum Gasteiger partial charge on any atom is 0.337 e. The van der Waals surface area contributed by atoms with Crippen LogP contribution in [0.1, 0.15) is 11.7 Å². The van der Waals surface area contributed by atoms with Crippen molar-refractivity contribution in [2.24, 2.45) is 0 Å². The summed E-state index contributed by atoms with van der Waals surface area (Å²) in [5, 5.41) is 9.31. The van der Waals surface area contributed by atoms with Gasteiger partial charge < -0.3 is 9.84 Å². The van der Waals surface area contributed by atoms with Crippen LogP contribution in [0.25, 0.3) is 0 Å². The molecular formula is C9H9ClNaO3. The molecule has 1 rings (SSSR count). The first-order valence-corrected chi connectivity index (χ1v) is 4.04. The van der Waals surface area contributed by atoms with Gasteiger partial charge in [-0.2, -0.15) is 0 Å². The van der Waals surface area contributed by atoms with E-state index in [4.69, 9.17) is 21.4 Å². The minimum atomic E-state index is -1.01. The van der Waals surface area contributed by atoms with E-state index >= 15 is 0 Å². The summed E-state index contributed by atoms with van der Waals surface area (Å²) in [4.78, 5) is 10.7. The van der Waals surface area contributed by atoms with Crippen LogP contribution in [-0.2, 0) is 9.53 Å². The average molecular weight is 224 g/mol. The summed E-state index contributed by atoms with van der Waals surface area (Å²) in [5.74, 6) is -1.01. The van der Waals surface area contributed by atoms with Crippen LogP contribution in [0.5, 0.6) is 0 Å². The van der Waals surface area contributed by atoms with E-state index in [9.17, 15) is 4.79 Å². The Hall–Kier alpha value is -0.0600. The van der Waals surface area contributed by atoms with Gasteiger partial charge >= 0.3 is 5.97 Å². The number of halogens is 1. The van der Waals surface area contributed by atoms with Gasteiger partial charge in [-0.15, -0.1) is 0 Å². The van der Waals surface area contributed by atoms with E-state index in [1.54, 1.807) is 24.3 Å². The SMILES string of the molecule is COC(C(=O)O)c1ccc(Cl)cc1.[Na]. The number of carboxylic acids is 1. The van der Waals surface area contributed by atoms with Gasteiger partial charge in [0.25, 0.3) is 0 Å². The van der Waals surface area contributed by atoms with E-state index in [0.29, 0.717) is 10.6 Å². The second-order valence-corrected chi connectivity index (χ2v) is 2.94. The third kappa shape index (κ3) is 3.59. The Kier molecular flexibility index (Phi) is 6.40. The molecule has 1 atom stereocenters. The first-order valence-electron chi connectivity index (χ1n) is 3.66. The molecule has 0 bridgehead atoms. The molecule has 0 saturated carbocycles. The van der Waals surface area contributed by atoms with Crippen molar-refractivity contribution in [2.45, 2.75) is 6.10 Å². The maximum absolute atomic E-state index is 10.7. The van der Waals surface area contributed by atoms with Crippen molar-refractivity contribution < 1.29 is 14.6 Å². The number of methoxy groups -OCH3 is 1. The van der Waals surface area contributed by atoms with Gasteiger partial charge in [-0.25, -0.2) is 4.79 Å². The summed E-state index contributed by atoms with van der Waals surface area (Å²) in [6.07, 6.45) is -0.919. The van der Waals surface area contributed by atoms with E-state index in [0.717, 1.165) is 0 Å². The van der Waals surface area contributed by atoms with Crippen molar-refractivity contribution in [3.63, 3.8) is 0 Å². The second-order valence-electron chi connectivity index (χ2n) is 2.51. The summed E-state index contributed by atoms with van der Waals surface area (Å²) in [6.45, 7) is 0. The normalized spacial score (nSPS) is 11.6. The number of rotatable bonds is 3. The molecule has 1 aromatic carbocycles. The number of carboxylic acid groups (broad SMARTS) is 1. The molecule has 0 saturated heterocycles. The predicted molar refractivity (Wildman–Crippen MR) is 54.6 cm³/mol. The first-order chi connectivity index (χ1) is 6.15. The molecule has 0 aliphatic heterocycles. The summed E-state index contributed by atoms with van der Waals surface area (Å²) < 4.78 is 4.80. The van der Waals surface area contributed by atoms with E-state index in [1.165, 1.54) is 7.11 Å². The summed E-state index contributed by atoms with van der Waals surface area (Å²) in [6, 6.07) is 6.52. The molecule has 0 aliphatic carbocycles. The van der Waals surface area contributed by atoms with Crippen LogP contribution in [0, 0.1) is 0 Å². The van der Waals surface area contributed by atoms with Gasteiger partial charge in [-0.3, -0.25) is 0 Å². The first kappa shape index (κ1) is 13.9. The average Bonchev–Trinajstić information content (AvgIpc) is 2.09. The molecule has 0 fully saturated rings. The molecule has 0 aromatic heterocycles. The number of hydrogen-bond donors (Lipinski definition) is 1. The zero-order valence-electron chi connectivity index (χ0n) is 8.03. The minimum absolute atomic E-state index is 0. The van der Waals surface area contributed by atoms with E-state index in [2.05, 4.69) is 0 Å². The Bertz CT molecular complexity index is 299. The number of ether oxygens (including phenoxy) is 1. The fourth-order valence-electron chi connectivity index (χ4n) is 1.02. The summed E-state index contributed by atoms with van der Waals surface area (Å²) in [5.41, 5.74) is 0.583. The van der Waals surface area contributed by atoms with Crippen LogP contribution in [-0.4, -0.2) is 47.7 Å². The molecule has 5 heteroatoms. The minimum Gasteiger partial charge on any atom is -0.479 e. The van der Waals surface area contributed by atoms with Crippen LogP contribution < -0.4 is 0 Å². The molecule has 1 aromatic rings. The van der Waals surface area contributed by atoms with Gasteiger partial charge in [0.1, 0.15) is 0 Å². The molecular weight excluding hydrogens is 215 g/mol. The van der Waals surface area contributed by atoms with Crippen molar-refractivity contribution in [3.8, 4) is 0 Å². The van der Waals surface area contributed by atoms with Gasteiger partial charge in [0.05, 0.1) is 0 Å². The Balaban J connectivity index is 0.00000169. The molecule has 3 nitrogen and oxygen atoms in total. The molecule has 14 heavy (non-hydrogen) atoms. The van der Waals surface area contributed by atoms with Crippen molar-refractivity contribution in [1.29, 1.82) is 0 Å². The van der Waals surface area contributed by atoms with E-state index < -0.39 is 12.1 Å². The molecule has 1 unspecified atom stereocenters. The topological polar surface area (TPSA) is 46.5 Å². The van der Waals surface area contributed by atoms with Crippen molar-refractivity contribution in [1.82, 2.24) is 0 Å². The largest absolute Gasteiger partial charge is 0.479 e. The monoisotopic (exact) mass is 223 g/mol. The summed E-state index contributed by atoms with van der Waals surface area (Å²) >= 11 is 5.65. The van der Waals surface area contributed by atoms with Gasteiger partial charge in [0.2, 0.25) is 0 Å². The van der Waals surface area contributed by atoms with Gasteiger partial charge in [-0.05, 0) is 17.7 Å². The fraction of sp³-hybridized carbons (Fsp3) is 0.222. The standard InChI is InChI=1S/C9H9ClO3.Na/c1-13-8(9(11)12)6-2-4-7(10)5-3-6;/h2-5,8H,1H3,(H,11,12);. The molecule has 0 aliphatic rings. The van der Waals surface area contributed by atoms with Crippen molar-refractivity contribution in [3.05, 3.63) is 34.9 Å². The van der Waals surface area contributed by atoms with Gasteiger partial charge in [0, 0.05) is 41.7 Å². The predicted octanol–water partition coefficient (Wildman–Crippen LogP) is 1.73. The van der Waals surface area contributed by atoms with Crippen LogP contribution in [0.2, 0.25) is 5.02 Å². The number of aliphatic carboxylic acids is 1. The quantitative estimate of drug-likeness (QED) is 0.794. The number of carbonyl (C=O) groups is 1. The third-order valence-electron chi connectivity index (χ3n) is 1.63. The molecule has 1 N–H and O–H groups in total. The number of benzene rings is 1. The zero-order valence-corrected chi connectivity index (χ0v) is 10.8. The van der Waals surface area contributed by atoms with E-state index in [1.807, 2.05) is 0 Å². The summed E-state index contributed by atoms with van der Waals surface area (Å²) in [7, 11) is 1.35. The van der Waals surface area contributed by atoms with Gasteiger partial charge in [-0.1, -0.05) is 23.7 Å². The second kappa shape index (κ2) is 6.43. The fourth-order valence-corrected chi connectivity index (χ4v) is 1.14. The van der Waals surface area contributed by atoms with Crippen LogP contribution >= 0.6 is 11.6 Å². The van der Waals surface area contributed by atoms with E-state index in [-0.39, 0.29) is 29.6 Å². The Morgan fingerprint density at radius 3 is 2.29 bits per heavy atom. The number of hydrogen-bond acceptors (Lipinski definition) is 2. The molecule has 0 amide bonds. The Morgan fingerprint density at radius 1 is 1.43 bits per heavy atom. The van der Waals surface area contributed by atoms with Crippen LogP contribution in [0.15, 0.2) is 24.3 Å². The maximum atomic E-state index is 10.7. The molecule has 1 radical (unpaired) electrons. The van der Waals surface area contributed by atoms with Crippen LogP contribution in [0.3, 0.4) is 0 Å². The molecule has 0 spiro atoms. The van der Waals surface area contributed by atoms with Crippen molar-refractivity contribution in [2.75, 3.05) is 7.11 Å². The molecule has 71 valence electrons. The molecule has 0 heterocycles. The van der Waals surface area contributed by atoms with Crippen molar-refractivity contribution >= 4 is 47.1 Å². The Labute approximate surface area is 109 Å². The van der Waals surface area contributed by atoms with Crippen LogP contribution in [0.4, 0.5) is 0 Å². The third-order valence-corrected chi connectivity index (χ3v) is 1.88. The Morgan fingerprint density at radius 2 is 1.93 bits per heavy atom. The smallest absolute Gasteiger partial charge is 0.337 e. The zero-order chi connectivity index (χ0) is 9.84. The van der Waals surface area contributed by atoms with Gasteiger partial charge in [0.15, 0.2) is 6.10 Å².